The molecular formula is C25H22ClNO6S. The van der Waals surface area contributed by atoms with Crippen LogP contribution in [0.3, 0.4) is 0 Å². The molecule has 1 fully saturated rings. The van der Waals surface area contributed by atoms with E-state index in [1.54, 1.807) is 54.6 Å². The summed E-state index contributed by atoms with van der Waals surface area (Å²) < 4.78 is 32.8. The molecule has 3 aromatic rings. The van der Waals surface area contributed by atoms with Gasteiger partial charge in [0.15, 0.2) is 0 Å². The Morgan fingerprint density at radius 1 is 1.00 bits per heavy atom. The highest BCUT2D eigenvalue weighted by atomic mass is 35.5. The number of rotatable bonds is 8. The minimum absolute atomic E-state index is 0.0471. The van der Waals surface area contributed by atoms with Gasteiger partial charge in [0.1, 0.15) is 12.1 Å². The average Bonchev–Trinajstić information content (AvgIpc) is 3.60. The van der Waals surface area contributed by atoms with Gasteiger partial charge in [-0.3, -0.25) is 9.59 Å². The number of sulfonamides is 1. The third-order valence-corrected chi connectivity index (χ3v) is 8.22. The molecule has 1 saturated carbocycles. The molecular weight excluding hydrogens is 478 g/mol. The van der Waals surface area contributed by atoms with E-state index < -0.39 is 40.0 Å². The number of aliphatic carboxylic acids is 1. The lowest BCUT2D eigenvalue weighted by atomic mass is 10.1. The fourth-order valence-corrected chi connectivity index (χ4v) is 6.01. The molecule has 4 rings (SSSR count). The summed E-state index contributed by atoms with van der Waals surface area (Å²) in [5.41, 5.74) is 0.501. The highest BCUT2D eigenvalue weighted by molar-refractivity contribution is 7.89. The van der Waals surface area contributed by atoms with Gasteiger partial charge in [0.05, 0.1) is 12.0 Å². The third kappa shape index (κ3) is 4.32. The zero-order valence-corrected chi connectivity index (χ0v) is 19.8. The van der Waals surface area contributed by atoms with Gasteiger partial charge >= 0.3 is 11.9 Å². The van der Waals surface area contributed by atoms with Gasteiger partial charge in [-0.2, -0.15) is 4.31 Å². The molecule has 0 heterocycles. The molecule has 34 heavy (non-hydrogen) atoms. The Bertz CT molecular complexity index is 1310. The van der Waals surface area contributed by atoms with E-state index >= 15 is 0 Å². The van der Waals surface area contributed by atoms with Crippen LogP contribution in [0.4, 0.5) is 0 Å². The van der Waals surface area contributed by atoms with Crippen LogP contribution in [0.15, 0.2) is 83.8 Å². The molecule has 2 atom stereocenters. The van der Waals surface area contributed by atoms with Crippen molar-refractivity contribution in [2.75, 3.05) is 13.7 Å². The van der Waals surface area contributed by atoms with Gasteiger partial charge in [-0.05, 0) is 47.4 Å². The summed E-state index contributed by atoms with van der Waals surface area (Å²) >= 11 is 5.93. The number of hydrogen-bond acceptors (Lipinski definition) is 5. The maximum atomic E-state index is 13.7. The van der Waals surface area contributed by atoms with Gasteiger partial charge in [-0.25, -0.2) is 8.42 Å². The number of ether oxygens (including phenoxy) is 1. The first-order chi connectivity index (χ1) is 16.2. The topological polar surface area (TPSA) is 101 Å². The fraction of sp³-hybridized carbons (Fsp3) is 0.200. The first-order valence-electron chi connectivity index (χ1n) is 10.4. The molecule has 0 aromatic heterocycles. The molecule has 0 aliphatic heterocycles. The molecule has 0 saturated heterocycles. The number of carboxylic acids is 1. The number of hydrogen-bond donors (Lipinski definition) is 1. The maximum absolute atomic E-state index is 13.7. The Labute approximate surface area is 202 Å². The van der Waals surface area contributed by atoms with E-state index in [1.165, 1.54) is 12.1 Å². The summed E-state index contributed by atoms with van der Waals surface area (Å²) in [4.78, 5) is 24.5. The van der Waals surface area contributed by atoms with E-state index in [0.717, 1.165) is 22.5 Å². The molecule has 0 bridgehead atoms. The number of methoxy groups -OCH3 is 1. The van der Waals surface area contributed by atoms with Gasteiger partial charge in [0.2, 0.25) is 10.0 Å². The second kappa shape index (κ2) is 9.21. The lowest BCUT2D eigenvalue weighted by Crippen LogP contribution is -2.50. The van der Waals surface area contributed by atoms with Gasteiger partial charge in [-0.15, -0.1) is 0 Å². The fourth-order valence-electron chi connectivity index (χ4n) is 4.16. The second-order valence-electron chi connectivity index (χ2n) is 8.02. The minimum Gasteiger partial charge on any atom is -0.480 e. The van der Waals surface area contributed by atoms with Crippen LogP contribution >= 0.6 is 11.6 Å². The van der Waals surface area contributed by atoms with E-state index in [2.05, 4.69) is 0 Å². The number of carboxylic acid groups (broad SMARTS) is 1. The zero-order valence-electron chi connectivity index (χ0n) is 18.2. The Hall–Kier alpha value is -3.20. The van der Waals surface area contributed by atoms with Crippen molar-refractivity contribution in [3.05, 3.63) is 89.4 Å². The summed E-state index contributed by atoms with van der Waals surface area (Å²) in [6.07, 6.45) is 0.0471. The first-order valence-corrected chi connectivity index (χ1v) is 12.3. The van der Waals surface area contributed by atoms with Crippen LogP contribution in [0.1, 0.15) is 17.9 Å². The lowest BCUT2D eigenvalue weighted by Gasteiger charge is -2.28. The molecule has 0 radical (unpaired) electrons. The minimum atomic E-state index is -4.36. The Morgan fingerprint density at radius 2 is 1.56 bits per heavy atom. The highest BCUT2D eigenvalue weighted by Crippen LogP contribution is 2.57. The maximum Gasteiger partial charge on any atom is 0.325 e. The van der Waals surface area contributed by atoms with Gasteiger partial charge in [0, 0.05) is 10.9 Å². The van der Waals surface area contributed by atoms with Gasteiger partial charge in [-0.1, -0.05) is 66.2 Å². The van der Waals surface area contributed by atoms with E-state index in [0.29, 0.717) is 10.6 Å². The summed E-state index contributed by atoms with van der Waals surface area (Å²) in [5.74, 6) is -2.76. The molecule has 0 spiro atoms. The van der Waals surface area contributed by atoms with Gasteiger partial charge < -0.3 is 9.84 Å². The quantitative estimate of drug-likeness (QED) is 0.466. The summed E-state index contributed by atoms with van der Waals surface area (Å²) in [5, 5.41) is 10.7. The van der Waals surface area contributed by atoms with Crippen molar-refractivity contribution < 1.29 is 27.9 Å². The molecule has 0 unspecified atom stereocenters. The van der Waals surface area contributed by atoms with Crippen LogP contribution in [-0.2, 0) is 24.3 Å². The molecule has 0 amide bonds. The third-order valence-electron chi connectivity index (χ3n) is 6.07. The Morgan fingerprint density at radius 3 is 2.09 bits per heavy atom. The number of nitrogens with zero attached hydrogens (tertiary/aromatic N) is 1. The normalized spacial score (nSPS) is 19.6. The molecule has 1 N–H and O–H groups in total. The van der Waals surface area contributed by atoms with Crippen LogP contribution in [0.25, 0.3) is 11.1 Å². The lowest BCUT2D eigenvalue weighted by molar-refractivity contribution is -0.146. The molecule has 7 nitrogen and oxygen atoms in total. The molecule has 9 heteroatoms. The van der Waals surface area contributed by atoms with Crippen molar-refractivity contribution in [3.8, 4) is 11.1 Å². The molecule has 1 aliphatic rings. The highest BCUT2D eigenvalue weighted by Gasteiger charge is 2.68. The monoisotopic (exact) mass is 499 g/mol. The molecule has 176 valence electrons. The number of carbonyl (C=O) groups is 2. The van der Waals surface area contributed by atoms with Crippen LogP contribution < -0.4 is 0 Å². The van der Waals surface area contributed by atoms with Crippen molar-refractivity contribution in [1.82, 2.24) is 4.31 Å². The van der Waals surface area contributed by atoms with Crippen molar-refractivity contribution in [3.63, 3.8) is 0 Å². The molecule has 1 aliphatic carbocycles. The van der Waals surface area contributed by atoms with Crippen molar-refractivity contribution in [1.29, 1.82) is 0 Å². The van der Waals surface area contributed by atoms with Gasteiger partial charge in [0.25, 0.3) is 0 Å². The van der Waals surface area contributed by atoms with E-state index in [4.69, 9.17) is 16.3 Å². The van der Waals surface area contributed by atoms with Crippen LogP contribution in [0.5, 0.6) is 0 Å². The smallest absolute Gasteiger partial charge is 0.325 e. The van der Waals surface area contributed by atoms with Crippen LogP contribution in [0, 0.1) is 0 Å². The SMILES string of the molecule is COC(=O)CN([C@]1(C(=O)O)C[C@H]1c1ccccc1)S(=O)(=O)c1ccc(-c2ccc(Cl)cc2)cc1. The van der Waals surface area contributed by atoms with E-state index in [-0.39, 0.29) is 11.3 Å². The number of benzene rings is 3. The standard InChI is InChI=1S/C25H22ClNO6S/c1-33-23(28)16-27(25(24(29)30)15-22(25)19-5-3-2-4-6-19)34(31,32)21-13-9-18(10-14-21)17-7-11-20(26)12-8-17/h2-14,22H,15-16H2,1H3,(H,29,30)/t22-,25+/m0/s1. The summed E-state index contributed by atoms with van der Waals surface area (Å²) in [6.45, 7) is -0.715. The van der Waals surface area contributed by atoms with E-state index in [1.807, 2.05) is 12.1 Å². The second-order valence-corrected chi connectivity index (χ2v) is 10.3. The largest absolute Gasteiger partial charge is 0.480 e. The zero-order chi connectivity index (χ0) is 24.5. The molecule has 3 aromatic carbocycles. The summed E-state index contributed by atoms with van der Waals surface area (Å²) in [6, 6.07) is 21.9. The predicted molar refractivity (Wildman–Crippen MR) is 127 cm³/mol. The van der Waals surface area contributed by atoms with Crippen molar-refractivity contribution in [2.45, 2.75) is 22.8 Å². The number of esters is 1. The van der Waals surface area contributed by atoms with Crippen LogP contribution in [-0.4, -0.2) is 49.0 Å². The summed E-state index contributed by atoms with van der Waals surface area (Å²) in [7, 11) is -3.23. The Balaban J connectivity index is 1.73. The van der Waals surface area contributed by atoms with E-state index in [9.17, 15) is 23.1 Å². The Kier molecular flexibility index (Phi) is 6.49. The van der Waals surface area contributed by atoms with Crippen LogP contribution in [0.2, 0.25) is 5.02 Å². The average molecular weight is 500 g/mol. The van der Waals surface area contributed by atoms with Crippen molar-refractivity contribution >= 4 is 33.6 Å². The predicted octanol–water partition coefficient (Wildman–Crippen LogP) is 4.18. The first kappa shape index (κ1) is 23.9. The number of carbonyl (C=O) groups excluding carboxylic acids is 1. The van der Waals surface area contributed by atoms with Crippen molar-refractivity contribution in [2.24, 2.45) is 0 Å². The number of halogens is 1.